The van der Waals surface area contributed by atoms with Gasteiger partial charge in [0.25, 0.3) is 0 Å². The maximum atomic E-state index is 2.00. The molecule has 0 heterocycles. The molecule has 0 aromatic carbocycles. The van der Waals surface area contributed by atoms with Gasteiger partial charge in [0.05, 0.1) is 0 Å². The summed E-state index contributed by atoms with van der Waals surface area (Å²) in [4.78, 5) is 0. The van der Waals surface area contributed by atoms with Crippen LogP contribution in [0.4, 0.5) is 0 Å². The molecule has 2 fully saturated rings. The number of hydrogen-bond acceptors (Lipinski definition) is 0. The molecule has 2 aliphatic carbocycles. The first-order valence-electron chi connectivity index (χ1n) is 3.33. The molecule has 2 aliphatic rings. The predicted molar refractivity (Wildman–Crippen MR) is 43.0 cm³/mol. The Morgan fingerprint density at radius 3 is 0.500 bits per heavy atom. The van der Waals surface area contributed by atoms with Crippen LogP contribution in [0.25, 0.3) is 0 Å². The largest absolute Gasteiger partial charge is 4.00 e. The molecule has 0 aromatic rings. The maximum Gasteiger partial charge on any atom is 4.00 e. The van der Waals surface area contributed by atoms with E-state index in [2.05, 4.69) is 0 Å². The second kappa shape index (κ2) is 11.6. The molecule has 0 atom stereocenters. The first-order chi connectivity index (χ1) is 5.00. The summed E-state index contributed by atoms with van der Waals surface area (Å²) in [7, 11) is 0. The van der Waals surface area contributed by atoms with Crippen LogP contribution in [0.1, 0.15) is 0 Å². The summed E-state index contributed by atoms with van der Waals surface area (Å²) in [6, 6.07) is 0. The van der Waals surface area contributed by atoms with Gasteiger partial charge in [0.1, 0.15) is 0 Å². The summed E-state index contributed by atoms with van der Waals surface area (Å²) < 4.78 is 0. The normalized spacial score (nSPS) is 20.0. The van der Waals surface area contributed by atoms with Gasteiger partial charge >= 0.3 is 21.7 Å². The standard InChI is InChI=1S/2C5H5.FH.Ti/c2*1-2-4-5-3-1;;/h2*1-5H;1H;/q;;;+4/p-1. The minimum atomic E-state index is 0. The van der Waals surface area contributed by atoms with Crippen molar-refractivity contribution >= 4 is 0 Å². The van der Waals surface area contributed by atoms with Crippen LogP contribution in [0.3, 0.4) is 0 Å². The number of hydrogen-bond donors (Lipinski definition) is 0. The molecule has 10 radical (unpaired) electrons. The third-order valence-electron chi connectivity index (χ3n) is 1.11. The summed E-state index contributed by atoms with van der Waals surface area (Å²) in [5, 5.41) is 0. The Kier molecular flexibility index (Phi) is 14.7. The van der Waals surface area contributed by atoms with Crippen molar-refractivity contribution in [3.05, 3.63) is 64.2 Å². The van der Waals surface area contributed by atoms with E-state index in [1.54, 1.807) is 0 Å². The zero-order chi connectivity index (χ0) is 7.07. The molecule has 58 valence electrons. The molecule has 0 unspecified atom stereocenters. The van der Waals surface area contributed by atoms with Gasteiger partial charge in [0.2, 0.25) is 0 Å². The third kappa shape index (κ3) is 8.74. The van der Waals surface area contributed by atoms with Crippen LogP contribution in [0.2, 0.25) is 0 Å². The Bertz CT molecular complexity index is 43.0. The van der Waals surface area contributed by atoms with Crippen molar-refractivity contribution in [2.24, 2.45) is 0 Å². The van der Waals surface area contributed by atoms with Crippen LogP contribution >= 0.6 is 0 Å². The van der Waals surface area contributed by atoms with Crippen LogP contribution in [-0.4, -0.2) is 0 Å². The van der Waals surface area contributed by atoms with Crippen molar-refractivity contribution in [1.29, 1.82) is 0 Å². The van der Waals surface area contributed by atoms with E-state index in [1.807, 2.05) is 64.2 Å². The fourth-order valence-electron chi connectivity index (χ4n) is 0.642. The third-order valence-corrected chi connectivity index (χ3v) is 1.11. The number of halogens is 1. The van der Waals surface area contributed by atoms with Gasteiger partial charge < -0.3 is 4.70 Å². The van der Waals surface area contributed by atoms with Gasteiger partial charge in [-0.2, -0.15) is 0 Å². The van der Waals surface area contributed by atoms with Crippen molar-refractivity contribution in [3.8, 4) is 0 Å². The molecule has 0 spiro atoms. The molecule has 0 bridgehead atoms. The van der Waals surface area contributed by atoms with Crippen molar-refractivity contribution in [1.82, 2.24) is 0 Å². The van der Waals surface area contributed by atoms with Gasteiger partial charge in [-0.1, -0.05) is 0 Å². The molecular formula is C10H10FTi+3. The van der Waals surface area contributed by atoms with E-state index in [0.717, 1.165) is 0 Å². The molecular weight excluding hydrogens is 187 g/mol. The summed E-state index contributed by atoms with van der Waals surface area (Å²) in [6.07, 6.45) is 20.0. The minimum absolute atomic E-state index is 0. The molecule has 0 aliphatic heterocycles. The summed E-state index contributed by atoms with van der Waals surface area (Å²) >= 11 is 0. The quantitative estimate of drug-likeness (QED) is 0.439. The van der Waals surface area contributed by atoms with E-state index >= 15 is 0 Å². The van der Waals surface area contributed by atoms with E-state index in [9.17, 15) is 0 Å². The monoisotopic (exact) mass is 197 g/mol. The minimum Gasteiger partial charge on any atom is -1.00 e. The van der Waals surface area contributed by atoms with Gasteiger partial charge in [0.15, 0.2) is 0 Å². The van der Waals surface area contributed by atoms with Crippen molar-refractivity contribution in [3.63, 3.8) is 0 Å². The van der Waals surface area contributed by atoms with E-state index in [0.29, 0.717) is 0 Å². The second-order valence-electron chi connectivity index (χ2n) is 1.92. The van der Waals surface area contributed by atoms with Gasteiger partial charge in [0, 0.05) is 0 Å². The smallest absolute Gasteiger partial charge is 1.00 e. The Hall–Kier alpha value is 0.644. The topological polar surface area (TPSA) is 0 Å². The molecule has 0 saturated heterocycles. The summed E-state index contributed by atoms with van der Waals surface area (Å²) in [5.74, 6) is 0. The van der Waals surface area contributed by atoms with Gasteiger partial charge in [-0.05, 0) is 64.2 Å². The molecule has 12 heavy (non-hydrogen) atoms. The first-order valence-corrected chi connectivity index (χ1v) is 3.33. The van der Waals surface area contributed by atoms with Crippen molar-refractivity contribution in [2.45, 2.75) is 0 Å². The van der Waals surface area contributed by atoms with Crippen molar-refractivity contribution < 1.29 is 26.4 Å². The van der Waals surface area contributed by atoms with Gasteiger partial charge in [-0.3, -0.25) is 0 Å². The molecule has 2 saturated carbocycles. The molecule has 0 N–H and O–H groups in total. The Labute approximate surface area is 90.8 Å². The fourth-order valence-corrected chi connectivity index (χ4v) is 0.642. The van der Waals surface area contributed by atoms with Crippen LogP contribution in [-0.2, 0) is 21.7 Å². The van der Waals surface area contributed by atoms with Crippen LogP contribution in [0.15, 0.2) is 0 Å². The molecule has 2 rings (SSSR count). The van der Waals surface area contributed by atoms with E-state index in [1.165, 1.54) is 0 Å². The molecule has 2 heteroatoms. The average molecular weight is 197 g/mol. The maximum absolute atomic E-state index is 2.00. The van der Waals surface area contributed by atoms with Crippen LogP contribution in [0, 0.1) is 64.2 Å². The second-order valence-corrected chi connectivity index (χ2v) is 1.92. The predicted octanol–water partition coefficient (Wildman–Crippen LogP) is -0.956. The van der Waals surface area contributed by atoms with Crippen LogP contribution in [0.5, 0.6) is 0 Å². The molecule has 0 aromatic heterocycles. The summed E-state index contributed by atoms with van der Waals surface area (Å²) in [6.45, 7) is 0. The molecule has 0 nitrogen and oxygen atoms in total. The van der Waals surface area contributed by atoms with Crippen LogP contribution < -0.4 is 4.70 Å². The molecule has 0 amide bonds. The Balaban J connectivity index is 0. The van der Waals surface area contributed by atoms with Gasteiger partial charge in [-0.25, -0.2) is 0 Å². The summed E-state index contributed by atoms with van der Waals surface area (Å²) in [5.41, 5.74) is 0. The zero-order valence-electron chi connectivity index (χ0n) is 6.65. The number of rotatable bonds is 0. The van der Waals surface area contributed by atoms with Crippen molar-refractivity contribution in [2.75, 3.05) is 0 Å². The zero-order valence-corrected chi connectivity index (χ0v) is 8.21. The van der Waals surface area contributed by atoms with E-state index in [-0.39, 0.29) is 26.4 Å². The van der Waals surface area contributed by atoms with Gasteiger partial charge in [-0.15, -0.1) is 0 Å². The first kappa shape index (κ1) is 15.1. The fraction of sp³-hybridized carbons (Fsp3) is 0. The Morgan fingerprint density at radius 2 is 0.417 bits per heavy atom. The van der Waals surface area contributed by atoms with E-state index < -0.39 is 0 Å². The van der Waals surface area contributed by atoms with E-state index in [4.69, 9.17) is 0 Å². The average Bonchev–Trinajstić information content (AvgIpc) is 2.67. The SMILES string of the molecule is [CH]1[CH][CH][CH][CH]1.[CH]1[CH][CH][CH][CH]1.[F-].[Ti+4]. The Morgan fingerprint density at radius 1 is 0.333 bits per heavy atom.